The van der Waals surface area contributed by atoms with Gasteiger partial charge in [0.25, 0.3) is 0 Å². The summed E-state index contributed by atoms with van der Waals surface area (Å²) in [6.07, 6.45) is 1.99. The Morgan fingerprint density at radius 1 is 1.12 bits per heavy atom. The van der Waals surface area contributed by atoms with Crippen molar-refractivity contribution in [3.63, 3.8) is 0 Å². The largest absolute Gasteiger partial charge is 0.471 e. The number of aliphatic hydroxyl groups excluding tert-OH is 2. The monoisotopic (exact) mass is 474 g/mol. The maximum atomic E-state index is 12.2. The number of alkyl halides is 3. The fourth-order valence-corrected chi connectivity index (χ4v) is 7.73. The Bertz CT molecular complexity index is 775. The highest BCUT2D eigenvalue weighted by Crippen LogP contribution is 2.66. The van der Waals surface area contributed by atoms with Crippen LogP contribution in [0.4, 0.5) is 13.2 Å². The van der Waals surface area contributed by atoms with Crippen molar-refractivity contribution < 1.29 is 33.0 Å². The third kappa shape index (κ3) is 4.51. The molecule has 0 aromatic carbocycles. The van der Waals surface area contributed by atoms with Crippen LogP contribution in [-0.4, -0.2) is 53.4 Å². The summed E-state index contributed by atoms with van der Waals surface area (Å²) < 4.78 is 36.5. The molecule has 6 nitrogen and oxygen atoms in total. The zero-order valence-corrected chi connectivity index (χ0v) is 19.5. The standard InChI is InChI=1S/C24H37F3N2O4/c1-22-8-6-14(29-33-11-3-10-28-21(32)24(25,26)27)12-18(22)19(30)13-15-16-4-5-20(31)23(16,2)9-7-17(15)22/h15-20,30-31H,3-13H2,1-2H3,(H,28,32)/b29-14-/t15-,16-,17-,18-,19-,20-,22+,23-/m0/s1. The minimum absolute atomic E-state index is 0.0151. The first kappa shape index (κ1) is 24.8. The number of fused-ring (bicyclic) bond motifs is 5. The van der Waals surface area contributed by atoms with Crippen LogP contribution >= 0.6 is 0 Å². The van der Waals surface area contributed by atoms with Gasteiger partial charge in [-0.2, -0.15) is 13.2 Å². The Hall–Kier alpha value is -1.35. The van der Waals surface area contributed by atoms with Crippen LogP contribution < -0.4 is 5.32 Å². The summed E-state index contributed by atoms with van der Waals surface area (Å²) in [5.41, 5.74) is 0.919. The lowest BCUT2D eigenvalue weighted by Crippen LogP contribution is -2.58. The summed E-state index contributed by atoms with van der Waals surface area (Å²) in [6, 6.07) is 0. The van der Waals surface area contributed by atoms with Gasteiger partial charge in [-0.05, 0) is 85.9 Å². The lowest BCUT2D eigenvalue weighted by Gasteiger charge is -2.61. The molecule has 4 rings (SSSR count). The zero-order valence-electron chi connectivity index (χ0n) is 19.5. The molecule has 1 amide bonds. The minimum Gasteiger partial charge on any atom is -0.396 e. The van der Waals surface area contributed by atoms with Crippen molar-refractivity contribution >= 4 is 11.6 Å². The predicted molar refractivity (Wildman–Crippen MR) is 116 cm³/mol. The second-order valence-electron chi connectivity index (χ2n) is 11.2. The Kier molecular flexibility index (Phi) is 6.77. The number of nitrogens with one attached hydrogen (secondary N) is 1. The van der Waals surface area contributed by atoms with E-state index in [2.05, 4.69) is 19.0 Å². The summed E-state index contributed by atoms with van der Waals surface area (Å²) in [5.74, 6) is -0.334. The van der Waals surface area contributed by atoms with Crippen LogP contribution in [0.15, 0.2) is 5.16 Å². The molecule has 4 fully saturated rings. The average Bonchev–Trinajstić information content (AvgIpc) is 3.05. The average molecular weight is 475 g/mol. The Morgan fingerprint density at radius 3 is 2.58 bits per heavy atom. The molecule has 4 aliphatic rings. The van der Waals surface area contributed by atoms with Crippen molar-refractivity contribution in [3.8, 4) is 0 Å². The number of aliphatic hydroxyl groups is 2. The quantitative estimate of drug-likeness (QED) is 0.418. The summed E-state index contributed by atoms with van der Waals surface area (Å²) >= 11 is 0. The normalized spacial score (nSPS) is 44.0. The third-order valence-corrected chi connectivity index (χ3v) is 9.62. The highest BCUT2D eigenvalue weighted by molar-refractivity contribution is 5.85. The van der Waals surface area contributed by atoms with Crippen molar-refractivity contribution in [2.24, 2.45) is 39.7 Å². The number of halogens is 3. The van der Waals surface area contributed by atoms with Gasteiger partial charge in [-0.3, -0.25) is 4.79 Å². The number of oxime groups is 1. The number of nitrogens with zero attached hydrogens (tertiary/aromatic N) is 1. The van der Waals surface area contributed by atoms with E-state index in [1.165, 1.54) is 0 Å². The van der Waals surface area contributed by atoms with E-state index in [0.29, 0.717) is 24.2 Å². The van der Waals surface area contributed by atoms with Gasteiger partial charge >= 0.3 is 12.1 Å². The van der Waals surface area contributed by atoms with E-state index in [1.54, 1.807) is 0 Å². The molecule has 0 heterocycles. The fraction of sp³-hybridized carbons (Fsp3) is 0.917. The van der Waals surface area contributed by atoms with Gasteiger partial charge in [-0.25, -0.2) is 0 Å². The maximum Gasteiger partial charge on any atom is 0.471 e. The molecule has 9 heteroatoms. The first-order valence-corrected chi connectivity index (χ1v) is 12.4. The summed E-state index contributed by atoms with van der Waals surface area (Å²) in [6.45, 7) is 4.57. The highest BCUT2D eigenvalue weighted by atomic mass is 19.4. The number of hydrogen-bond donors (Lipinski definition) is 3. The summed E-state index contributed by atoms with van der Waals surface area (Å²) in [4.78, 5) is 16.1. The van der Waals surface area contributed by atoms with Gasteiger partial charge in [-0.15, -0.1) is 0 Å². The Balaban J connectivity index is 1.32. The number of rotatable bonds is 5. The molecular weight excluding hydrogens is 437 g/mol. The van der Waals surface area contributed by atoms with Gasteiger partial charge in [0.2, 0.25) is 0 Å². The van der Waals surface area contributed by atoms with E-state index in [-0.39, 0.29) is 42.4 Å². The first-order valence-electron chi connectivity index (χ1n) is 12.4. The number of hydrogen-bond acceptors (Lipinski definition) is 5. The molecule has 0 aliphatic heterocycles. The third-order valence-electron chi connectivity index (χ3n) is 9.62. The Morgan fingerprint density at radius 2 is 1.85 bits per heavy atom. The van der Waals surface area contributed by atoms with Crippen molar-refractivity contribution in [2.75, 3.05) is 13.2 Å². The smallest absolute Gasteiger partial charge is 0.396 e. The second-order valence-corrected chi connectivity index (χ2v) is 11.2. The second kappa shape index (κ2) is 9.02. The van der Waals surface area contributed by atoms with Crippen LogP contribution in [0.1, 0.15) is 71.6 Å². The number of amides is 1. The molecule has 0 aromatic rings. The van der Waals surface area contributed by atoms with E-state index in [9.17, 15) is 28.2 Å². The first-order chi connectivity index (χ1) is 15.5. The molecule has 0 spiro atoms. The van der Waals surface area contributed by atoms with Gasteiger partial charge in [0, 0.05) is 13.0 Å². The van der Waals surface area contributed by atoms with Gasteiger partial charge < -0.3 is 20.4 Å². The molecular formula is C24H37F3N2O4. The van der Waals surface area contributed by atoms with Gasteiger partial charge in [0.15, 0.2) is 0 Å². The minimum atomic E-state index is -4.87. The van der Waals surface area contributed by atoms with Crippen LogP contribution in [-0.2, 0) is 9.63 Å². The van der Waals surface area contributed by atoms with Crippen molar-refractivity contribution in [1.82, 2.24) is 5.32 Å². The molecule has 0 radical (unpaired) electrons. The van der Waals surface area contributed by atoms with Gasteiger partial charge in [0.05, 0.1) is 17.9 Å². The summed E-state index contributed by atoms with van der Waals surface area (Å²) in [7, 11) is 0. The van der Waals surface area contributed by atoms with E-state index in [0.717, 1.165) is 50.7 Å². The predicted octanol–water partition coefficient (Wildman–Crippen LogP) is 3.80. The van der Waals surface area contributed by atoms with E-state index in [1.807, 2.05) is 5.32 Å². The van der Waals surface area contributed by atoms with E-state index < -0.39 is 18.2 Å². The van der Waals surface area contributed by atoms with Crippen molar-refractivity contribution in [1.29, 1.82) is 0 Å². The van der Waals surface area contributed by atoms with Crippen molar-refractivity contribution in [3.05, 3.63) is 0 Å². The molecule has 33 heavy (non-hydrogen) atoms. The van der Waals surface area contributed by atoms with Gasteiger partial charge in [0.1, 0.15) is 6.61 Å². The molecule has 0 saturated heterocycles. The van der Waals surface area contributed by atoms with Gasteiger partial charge in [-0.1, -0.05) is 19.0 Å². The van der Waals surface area contributed by atoms with Crippen LogP contribution in [0.5, 0.6) is 0 Å². The molecule has 3 N–H and O–H groups in total. The van der Waals surface area contributed by atoms with Crippen LogP contribution in [0.25, 0.3) is 0 Å². The Labute approximate surface area is 193 Å². The molecule has 0 bridgehead atoms. The summed E-state index contributed by atoms with van der Waals surface area (Å²) in [5, 5.41) is 27.8. The van der Waals surface area contributed by atoms with Crippen LogP contribution in [0.3, 0.4) is 0 Å². The molecule has 0 unspecified atom stereocenters. The topological polar surface area (TPSA) is 91.2 Å². The zero-order chi connectivity index (χ0) is 24.0. The van der Waals surface area contributed by atoms with Crippen LogP contribution in [0.2, 0.25) is 0 Å². The van der Waals surface area contributed by atoms with E-state index >= 15 is 0 Å². The highest BCUT2D eigenvalue weighted by Gasteiger charge is 2.61. The fourth-order valence-electron chi connectivity index (χ4n) is 7.73. The number of carbonyl (C=O) groups is 1. The maximum absolute atomic E-state index is 12.2. The molecule has 4 saturated carbocycles. The molecule has 4 aliphatic carbocycles. The lowest BCUT2D eigenvalue weighted by atomic mass is 9.44. The lowest BCUT2D eigenvalue weighted by molar-refractivity contribution is -0.173. The van der Waals surface area contributed by atoms with Crippen LogP contribution in [0, 0.1) is 34.5 Å². The SMILES string of the molecule is C[C@]12CC/C(=N/OCCCNC(=O)C(F)(F)F)C[C@H]1[C@@H](O)C[C@@H]1[C@@H]2CC[C@]2(C)[C@@H](O)CC[C@@H]12. The molecule has 188 valence electrons. The van der Waals surface area contributed by atoms with E-state index in [4.69, 9.17) is 4.84 Å². The number of carbonyl (C=O) groups excluding carboxylic acids is 1. The molecule has 0 aromatic heterocycles. The van der Waals surface area contributed by atoms with Crippen molar-refractivity contribution in [2.45, 2.75) is 90.0 Å². The molecule has 8 atom stereocenters.